The van der Waals surface area contributed by atoms with Crippen molar-refractivity contribution in [3.05, 3.63) is 28.8 Å². The van der Waals surface area contributed by atoms with E-state index in [2.05, 4.69) is 5.32 Å². The van der Waals surface area contributed by atoms with E-state index in [0.29, 0.717) is 6.41 Å². The highest BCUT2D eigenvalue weighted by Crippen LogP contribution is 2.39. The molecule has 0 bridgehead atoms. The number of rotatable bonds is 5. The second kappa shape index (κ2) is 6.60. The van der Waals surface area contributed by atoms with E-state index < -0.39 is 12.0 Å². The molecule has 1 atom stereocenters. The zero-order valence-electron chi connectivity index (χ0n) is 14.7. The van der Waals surface area contributed by atoms with Crippen molar-refractivity contribution < 1.29 is 19.8 Å². The quantitative estimate of drug-likeness (QED) is 0.728. The molecular formula is C18H27NO4. The van der Waals surface area contributed by atoms with Gasteiger partial charge in [0.2, 0.25) is 6.41 Å². The lowest BCUT2D eigenvalue weighted by molar-refractivity contribution is -0.140. The van der Waals surface area contributed by atoms with Crippen molar-refractivity contribution in [1.29, 1.82) is 0 Å². The van der Waals surface area contributed by atoms with Gasteiger partial charge in [-0.3, -0.25) is 4.79 Å². The summed E-state index contributed by atoms with van der Waals surface area (Å²) in [5.74, 6) is -0.830. The maximum absolute atomic E-state index is 11.3. The van der Waals surface area contributed by atoms with Crippen molar-refractivity contribution >= 4 is 12.4 Å². The molecule has 1 aromatic rings. The average Bonchev–Trinajstić information content (AvgIpc) is 2.37. The smallest absolute Gasteiger partial charge is 0.326 e. The molecule has 0 spiro atoms. The summed E-state index contributed by atoms with van der Waals surface area (Å²) in [5, 5.41) is 22.2. The third-order valence-corrected chi connectivity index (χ3v) is 3.79. The van der Waals surface area contributed by atoms with Crippen molar-refractivity contribution in [1.82, 2.24) is 5.32 Å². The third-order valence-electron chi connectivity index (χ3n) is 3.79. The molecule has 0 fully saturated rings. The Balaban J connectivity index is 3.44. The van der Waals surface area contributed by atoms with Crippen LogP contribution in [0.2, 0.25) is 0 Å². The van der Waals surface area contributed by atoms with Crippen LogP contribution in [0.3, 0.4) is 0 Å². The van der Waals surface area contributed by atoms with Crippen LogP contribution >= 0.6 is 0 Å². The first-order chi connectivity index (χ1) is 10.4. The van der Waals surface area contributed by atoms with Crippen LogP contribution in [0.15, 0.2) is 12.1 Å². The van der Waals surface area contributed by atoms with Crippen molar-refractivity contribution in [3.8, 4) is 5.75 Å². The molecule has 5 heteroatoms. The van der Waals surface area contributed by atoms with Crippen LogP contribution in [0.1, 0.15) is 58.2 Å². The normalized spacial score (nSPS) is 13.5. The summed E-state index contributed by atoms with van der Waals surface area (Å²) in [7, 11) is 0. The lowest BCUT2D eigenvalue weighted by Crippen LogP contribution is -2.37. The van der Waals surface area contributed by atoms with Crippen molar-refractivity contribution in [2.24, 2.45) is 0 Å². The molecule has 0 aromatic heterocycles. The molecule has 0 heterocycles. The van der Waals surface area contributed by atoms with E-state index in [4.69, 9.17) is 0 Å². The van der Waals surface area contributed by atoms with Gasteiger partial charge in [-0.1, -0.05) is 53.7 Å². The fraction of sp³-hybridized carbons (Fsp3) is 0.556. The maximum Gasteiger partial charge on any atom is 0.326 e. The first-order valence-electron chi connectivity index (χ1n) is 7.67. The van der Waals surface area contributed by atoms with Crippen LogP contribution in [0.25, 0.3) is 0 Å². The predicted octanol–water partition coefficient (Wildman–Crippen LogP) is 2.73. The summed E-state index contributed by atoms with van der Waals surface area (Å²) in [6.45, 7) is 12.0. The Morgan fingerprint density at radius 1 is 1.13 bits per heavy atom. The molecule has 1 amide bonds. The number of phenolic OH excluding ortho intramolecular Hbond substituents is 1. The molecule has 0 radical (unpaired) electrons. The molecule has 0 aliphatic carbocycles. The van der Waals surface area contributed by atoms with Gasteiger partial charge in [0.25, 0.3) is 0 Å². The number of nitrogens with one attached hydrogen (secondary N) is 1. The van der Waals surface area contributed by atoms with Crippen molar-refractivity contribution in [3.63, 3.8) is 0 Å². The van der Waals surface area contributed by atoms with Gasteiger partial charge in [0.05, 0.1) is 0 Å². The molecule has 0 aliphatic rings. The van der Waals surface area contributed by atoms with Gasteiger partial charge in [-0.2, -0.15) is 0 Å². The predicted molar refractivity (Wildman–Crippen MR) is 89.8 cm³/mol. The molecule has 128 valence electrons. The van der Waals surface area contributed by atoms with E-state index in [0.717, 1.165) is 16.7 Å². The van der Waals surface area contributed by atoms with Gasteiger partial charge >= 0.3 is 5.97 Å². The highest BCUT2D eigenvalue weighted by molar-refractivity contribution is 5.76. The number of carbonyl (C=O) groups excluding carboxylic acids is 1. The molecule has 0 saturated heterocycles. The SMILES string of the molecule is CC(C)(C)c1cc(CC(NC=O)C(=O)O)cc(C(C)(C)C)c1O. The van der Waals surface area contributed by atoms with Gasteiger partial charge in [-0.25, -0.2) is 4.79 Å². The Hall–Kier alpha value is -2.04. The minimum atomic E-state index is -1.08. The first-order valence-corrected chi connectivity index (χ1v) is 7.67. The van der Waals surface area contributed by atoms with Crippen LogP contribution in [0, 0.1) is 0 Å². The zero-order chi connectivity index (χ0) is 18.0. The summed E-state index contributed by atoms with van der Waals surface area (Å²) in [4.78, 5) is 21.9. The summed E-state index contributed by atoms with van der Waals surface area (Å²) in [6.07, 6.45) is 0.565. The van der Waals surface area contributed by atoms with Crippen LogP contribution < -0.4 is 5.32 Å². The maximum atomic E-state index is 11.3. The number of benzene rings is 1. The lowest BCUT2D eigenvalue weighted by Gasteiger charge is -2.28. The summed E-state index contributed by atoms with van der Waals surface area (Å²) < 4.78 is 0. The molecule has 1 unspecified atom stereocenters. The number of carboxylic acids is 1. The van der Waals surface area contributed by atoms with Crippen molar-refractivity contribution in [2.75, 3.05) is 0 Å². The van der Waals surface area contributed by atoms with E-state index in [1.165, 1.54) is 0 Å². The Kier molecular flexibility index (Phi) is 5.46. The number of hydrogen-bond acceptors (Lipinski definition) is 3. The van der Waals surface area contributed by atoms with Gasteiger partial charge in [-0.15, -0.1) is 0 Å². The second-order valence-electron chi connectivity index (χ2n) is 7.92. The standard InChI is InChI=1S/C18H27NO4/c1-17(2,3)12-7-11(9-14(16(22)23)19-10-20)8-13(15(12)21)18(4,5)6/h7-8,10,14,21H,9H2,1-6H3,(H,19,20)(H,22,23). The minimum absolute atomic E-state index is 0.167. The lowest BCUT2D eigenvalue weighted by atomic mass is 9.78. The Morgan fingerprint density at radius 3 is 1.87 bits per heavy atom. The molecule has 1 rings (SSSR count). The minimum Gasteiger partial charge on any atom is -0.507 e. The molecule has 0 saturated carbocycles. The number of phenols is 1. The number of carbonyl (C=O) groups is 2. The highest BCUT2D eigenvalue weighted by atomic mass is 16.4. The fourth-order valence-corrected chi connectivity index (χ4v) is 2.49. The van der Waals surface area contributed by atoms with Gasteiger partial charge in [0, 0.05) is 6.42 Å². The average molecular weight is 321 g/mol. The van der Waals surface area contributed by atoms with E-state index >= 15 is 0 Å². The molecule has 5 nitrogen and oxygen atoms in total. The Labute approximate surface area is 137 Å². The summed E-state index contributed by atoms with van der Waals surface area (Å²) in [5.41, 5.74) is 1.76. The molecule has 23 heavy (non-hydrogen) atoms. The van der Waals surface area contributed by atoms with Gasteiger partial charge < -0.3 is 15.5 Å². The molecule has 1 aromatic carbocycles. The van der Waals surface area contributed by atoms with E-state index in [-0.39, 0.29) is 23.0 Å². The largest absolute Gasteiger partial charge is 0.507 e. The summed E-state index contributed by atoms with van der Waals surface area (Å²) in [6, 6.07) is 2.66. The topological polar surface area (TPSA) is 86.6 Å². The van der Waals surface area contributed by atoms with Crippen LogP contribution in [-0.2, 0) is 26.8 Å². The zero-order valence-corrected chi connectivity index (χ0v) is 14.7. The Morgan fingerprint density at radius 2 is 1.57 bits per heavy atom. The Bertz CT molecular complexity index is 559. The molecule has 0 aliphatic heterocycles. The van der Waals surface area contributed by atoms with Gasteiger partial charge in [0.15, 0.2) is 0 Å². The monoisotopic (exact) mass is 321 g/mol. The number of hydrogen-bond donors (Lipinski definition) is 3. The van der Waals surface area contributed by atoms with Crippen LogP contribution in [0.5, 0.6) is 5.75 Å². The van der Waals surface area contributed by atoms with Gasteiger partial charge in [-0.05, 0) is 27.5 Å². The second-order valence-corrected chi connectivity index (χ2v) is 7.92. The van der Waals surface area contributed by atoms with Gasteiger partial charge in [0.1, 0.15) is 11.8 Å². The van der Waals surface area contributed by atoms with Crippen LogP contribution in [-0.4, -0.2) is 28.6 Å². The number of amides is 1. The molecular weight excluding hydrogens is 294 g/mol. The fourth-order valence-electron chi connectivity index (χ4n) is 2.49. The first kappa shape index (κ1) is 19.0. The summed E-state index contributed by atoms with van der Waals surface area (Å²) >= 11 is 0. The van der Waals surface area contributed by atoms with E-state index in [1.807, 2.05) is 53.7 Å². The van der Waals surface area contributed by atoms with Crippen LogP contribution in [0.4, 0.5) is 0 Å². The third kappa shape index (κ3) is 4.71. The number of aromatic hydroxyl groups is 1. The highest BCUT2D eigenvalue weighted by Gasteiger charge is 2.27. The van der Waals surface area contributed by atoms with E-state index in [9.17, 15) is 19.8 Å². The van der Waals surface area contributed by atoms with Crippen molar-refractivity contribution in [2.45, 2.75) is 64.8 Å². The molecule has 3 N–H and O–H groups in total. The number of carboxylic acid groups (broad SMARTS) is 1. The van der Waals surface area contributed by atoms with E-state index in [1.54, 1.807) is 0 Å². The number of aliphatic carboxylic acids is 1.